The summed E-state index contributed by atoms with van der Waals surface area (Å²) in [4.78, 5) is 17.5. The average Bonchev–Trinajstić information content (AvgIpc) is 3.41. The van der Waals surface area contributed by atoms with E-state index in [0.29, 0.717) is 23.3 Å². The van der Waals surface area contributed by atoms with Crippen LogP contribution in [-0.2, 0) is 18.7 Å². The third kappa shape index (κ3) is 3.81. The summed E-state index contributed by atoms with van der Waals surface area (Å²) < 4.78 is 7.19. The first-order chi connectivity index (χ1) is 12.8. The fourth-order valence-electron chi connectivity index (χ4n) is 2.52. The summed E-state index contributed by atoms with van der Waals surface area (Å²) >= 11 is 3.06. The van der Waals surface area contributed by atoms with Crippen molar-refractivity contribution in [2.75, 3.05) is 0 Å². The summed E-state index contributed by atoms with van der Waals surface area (Å²) in [5.41, 5.74) is 1.82. The second kappa shape index (κ2) is 7.76. The first-order valence-corrected chi connectivity index (χ1v) is 9.96. The molecule has 0 atom stereocenters. The van der Waals surface area contributed by atoms with Gasteiger partial charge >= 0.3 is 5.69 Å². The van der Waals surface area contributed by atoms with Crippen molar-refractivity contribution in [2.45, 2.75) is 23.9 Å². The maximum absolute atomic E-state index is 12.0. The first-order valence-electron chi connectivity index (χ1n) is 8.10. The topological polar surface area (TPSA) is 76.7 Å². The molecule has 0 amide bonds. The molecule has 0 unspecified atom stereocenters. The third-order valence-electron chi connectivity index (χ3n) is 3.82. The predicted octanol–water partition coefficient (Wildman–Crippen LogP) is 3.82. The van der Waals surface area contributed by atoms with Crippen molar-refractivity contribution in [2.24, 2.45) is 0 Å². The van der Waals surface area contributed by atoms with Crippen molar-refractivity contribution >= 4 is 23.1 Å². The van der Waals surface area contributed by atoms with Crippen LogP contribution >= 0.6 is 23.1 Å². The molecule has 0 bridgehead atoms. The number of thioether (sulfide) groups is 1. The zero-order valence-electron chi connectivity index (χ0n) is 13.8. The Balaban J connectivity index is 1.42. The lowest BCUT2D eigenvalue weighted by molar-refractivity contribution is 0.575. The highest BCUT2D eigenvalue weighted by molar-refractivity contribution is 7.98. The zero-order valence-corrected chi connectivity index (χ0v) is 15.4. The van der Waals surface area contributed by atoms with Gasteiger partial charge in [0.2, 0.25) is 5.89 Å². The lowest BCUT2D eigenvalue weighted by atomic mass is 10.1. The molecule has 8 heteroatoms. The minimum absolute atomic E-state index is 0.192. The molecule has 0 aliphatic rings. The Morgan fingerprint density at radius 2 is 2.08 bits per heavy atom. The molecule has 0 aliphatic heterocycles. The molecule has 132 valence electrons. The van der Waals surface area contributed by atoms with Crippen molar-refractivity contribution in [3.05, 3.63) is 75.8 Å². The van der Waals surface area contributed by atoms with Crippen LogP contribution in [0.4, 0.5) is 0 Å². The summed E-state index contributed by atoms with van der Waals surface area (Å²) in [6, 6.07) is 14.0. The SMILES string of the molecule is O=c1[nH]nc(SCc2coc(-c3cccs3)n2)n1CCc1ccccc1. The Morgan fingerprint density at radius 1 is 1.19 bits per heavy atom. The number of nitrogens with one attached hydrogen (secondary N) is 1. The van der Waals surface area contributed by atoms with Crippen LogP contribution in [-0.4, -0.2) is 19.7 Å². The molecule has 3 heterocycles. The minimum Gasteiger partial charge on any atom is -0.444 e. The monoisotopic (exact) mass is 384 g/mol. The Bertz CT molecular complexity index is 1020. The van der Waals surface area contributed by atoms with E-state index in [4.69, 9.17) is 4.42 Å². The van der Waals surface area contributed by atoms with Gasteiger partial charge in [-0.15, -0.1) is 16.4 Å². The Hall–Kier alpha value is -2.58. The zero-order chi connectivity index (χ0) is 17.8. The molecule has 1 N–H and O–H groups in total. The van der Waals surface area contributed by atoms with E-state index in [2.05, 4.69) is 27.3 Å². The van der Waals surface area contributed by atoms with Gasteiger partial charge in [-0.2, -0.15) is 0 Å². The fraction of sp³-hybridized carbons (Fsp3) is 0.167. The Morgan fingerprint density at radius 3 is 2.88 bits per heavy atom. The summed E-state index contributed by atoms with van der Waals surface area (Å²) in [7, 11) is 0. The van der Waals surface area contributed by atoms with E-state index in [1.807, 2.05) is 35.7 Å². The molecule has 4 rings (SSSR count). The molecule has 0 spiro atoms. The predicted molar refractivity (Wildman–Crippen MR) is 102 cm³/mol. The molecular formula is C18H16N4O2S2. The molecule has 6 nitrogen and oxygen atoms in total. The van der Waals surface area contributed by atoms with Crippen molar-refractivity contribution in [1.29, 1.82) is 0 Å². The van der Waals surface area contributed by atoms with Gasteiger partial charge in [-0.05, 0) is 23.4 Å². The highest BCUT2D eigenvalue weighted by Gasteiger charge is 2.12. The van der Waals surface area contributed by atoms with E-state index >= 15 is 0 Å². The van der Waals surface area contributed by atoms with E-state index in [1.165, 1.54) is 17.3 Å². The summed E-state index contributed by atoms with van der Waals surface area (Å²) in [5.74, 6) is 1.21. The molecule has 0 fully saturated rings. The molecular weight excluding hydrogens is 368 g/mol. The lowest BCUT2D eigenvalue weighted by Crippen LogP contribution is -2.18. The van der Waals surface area contributed by atoms with Crippen LogP contribution < -0.4 is 5.69 Å². The van der Waals surface area contributed by atoms with Crippen molar-refractivity contribution < 1.29 is 4.42 Å². The molecule has 0 aliphatic carbocycles. The summed E-state index contributed by atoms with van der Waals surface area (Å²) in [6.07, 6.45) is 2.43. The quantitative estimate of drug-likeness (QED) is 0.490. The smallest absolute Gasteiger partial charge is 0.343 e. The number of aryl methyl sites for hydroxylation is 1. The molecule has 3 aromatic heterocycles. The fourth-order valence-corrected chi connectivity index (χ4v) is 4.03. The van der Waals surface area contributed by atoms with Gasteiger partial charge in [0.05, 0.1) is 10.6 Å². The first kappa shape index (κ1) is 16.9. The summed E-state index contributed by atoms with van der Waals surface area (Å²) in [6.45, 7) is 0.584. The number of H-pyrrole nitrogens is 1. The number of nitrogens with zero attached hydrogens (tertiary/aromatic N) is 3. The van der Waals surface area contributed by atoms with Crippen LogP contribution in [0, 0.1) is 0 Å². The number of aromatic nitrogens is 4. The van der Waals surface area contributed by atoms with E-state index in [0.717, 1.165) is 17.0 Å². The molecule has 1 aromatic carbocycles. The van der Waals surface area contributed by atoms with E-state index in [9.17, 15) is 4.79 Å². The van der Waals surface area contributed by atoms with Crippen molar-refractivity contribution in [3.8, 4) is 10.8 Å². The number of thiophene rings is 1. The average molecular weight is 384 g/mol. The number of benzene rings is 1. The number of hydrogen-bond donors (Lipinski definition) is 1. The van der Waals surface area contributed by atoms with Gasteiger partial charge in [0.1, 0.15) is 6.26 Å². The van der Waals surface area contributed by atoms with Gasteiger partial charge < -0.3 is 4.42 Å². The van der Waals surface area contributed by atoms with Crippen LogP contribution in [0.25, 0.3) is 10.8 Å². The molecule has 26 heavy (non-hydrogen) atoms. The molecule has 4 aromatic rings. The number of oxazole rings is 1. The highest BCUT2D eigenvalue weighted by Crippen LogP contribution is 2.26. The number of aromatic amines is 1. The summed E-state index contributed by atoms with van der Waals surface area (Å²) in [5, 5.41) is 9.31. The van der Waals surface area contributed by atoms with E-state index < -0.39 is 0 Å². The second-order valence-corrected chi connectivity index (χ2v) is 7.50. The third-order valence-corrected chi connectivity index (χ3v) is 5.69. The van der Waals surface area contributed by atoms with Gasteiger partial charge in [0.15, 0.2) is 5.16 Å². The number of hydrogen-bond acceptors (Lipinski definition) is 6. The lowest BCUT2D eigenvalue weighted by Gasteiger charge is -2.05. The second-order valence-electron chi connectivity index (χ2n) is 5.61. The highest BCUT2D eigenvalue weighted by atomic mass is 32.2. The number of rotatable bonds is 7. The van der Waals surface area contributed by atoms with Crippen LogP contribution in [0.1, 0.15) is 11.3 Å². The maximum atomic E-state index is 12.0. The normalized spacial score (nSPS) is 11.1. The Kier molecular flexibility index (Phi) is 5.03. The van der Waals surface area contributed by atoms with E-state index in [1.54, 1.807) is 22.2 Å². The van der Waals surface area contributed by atoms with Crippen LogP contribution in [0.15, 0.2) is 68.5 Å². The minimum atomic E-state index is -0.192. The van der Waals surface area contributed by atoms with Gasteiger partial charge in [0.25, 0.3) is 0 Å². The molecule has 0 radical (unpaired) electrons. The molecule has 0 saturated carbocycles. The maximum Gasteiger partial charge on any atom is 0.343 e. The Labute approximate surface area is 157 Å². The van der Waals surface area contributed by atoms with Crippen LogP contribution in [0.5, 0.6) is 0 Å². The standard InChI is InChI=1S/C18H16N4O2S2/c23-17-20-21-18(22(17)9-8-13-5-2-1-3-6-13)26-12-14-11-24-16(19-14)15-7-4-10-25-15/h1-7,10-11H,8-9,12H2,(H,20,23). The van der Waals surface area contributed by atoms with Gasteiger partial charge in [-0.25, -0.2) is 14.9 Å². The largest absolute Gasteiger partial charge is 0.444 e. The molecule has 0 saturated heterocycles. The van der Waals surface area contributed by atoms with Gasteiger partial charge in [0, 0.05) is 12.3 Å². The van der Waals surface area contributed by atoms with Crippen LogP contribution in [0.3, 0.4) is 0 Å². The van der Waals surface area contributed by atoms with Crippen molar-refractivity contribution in [3.63, 3.8) is 0 Å². The van der Waals surface area contributed by atoms with Gasteiger partial charge in [-0.3, -0.25) is 4.57 Å². The van der Waals surface area contributed by atoms with Crippen LogP contribution in [0.2, 0.25) is 0 Å². The van der Waals surface area contributed by atoms with E-state index in [-0.39, 0.29) is 5.69 Å². The van der Waals surface area contributed by atoms with Crippen molar-refractivity contribution in [1.82, 2.24) is 19.7 Å². The van der Waals surface area contributed by atoms with Gasteiger partial charge in [-0.1, -0.05) is 48.2 Å².